The van der Waals surface area contributed by atoms with Crippen LogP contribution in [-0.2, 0) is 70.2 Å². The summed E-state index contributed by atoms with van der Waals surface area (Å²) in [5.41, 5.74) is 2.92. The van der Waals surface area contributed by atoms with Crippen LogP contribution in [0.1, 0.15) is 135 Å². The average molecular weight is 1000 g/mol. The lowest BCUT2D eigenvalue weighted by Gasteiger charge is -2.51. The maximum Gasteiger partial charge on any atom is 0.330 e. The molecule has 4 aliphatic heterocycles. The number of ether oxygens (including phenoxy) is 10. The van der Waals surface area contributed by atoms with E-state index in [1.807, 2.05) is 66.7 Å². The van der Waals surface area contributed by atoms with E-state index in [1.165, 1.54) is 13.2 Å². The molecule has 6 rings (SSSR count). The molecule has 3 fully saturated rings. The normalized spacial score (nSPS) is 29.6. The van der Waals surface area contributed by atoms with E-state index in [0.717, 1.165) is 48.0 Å². The van der Waals surface area contributed by atoms with Gasteiger partial charge in [0.15, 0.2) is 6.10 Å². The zero-order chi connectivity index (χ0) is 51.7. The van der Waals surface area contributed by atoms with Gasteiger partial charge in [-0.3, -0.25) is 9.59 Å². The minimum absolute atomic E-state index is 0.00214. The second kappa shape index (κ2) is 27.6. The highest BCUT2D eigenvalue weighted by atomic mass is 16.7. The Morgan fingerprint density at radius 1 is 0.819 bits per heavy atom. The van der Waals surface area contributed by atoms with E-state index in [-0.39, 0.29) is 63.0 Å². The summed E-state index contributed by atoms with van der Waals surface area (Å²) in [7, 11) is 2.87. The lowest BCUT2D eigenvalue weighted by Crippen LogP contribution is -2.62. The number of aliphatic hydroxyl groups is 1. The molecule has 1 N–H and O–H groups in total. The van der Waals surface area contributed by atoms with Gasteiger partial charge in [-0.2, -0.15) is 0 Å². The average Bonchev–Trinajstić information content (AvgIpc) is 3.34. The lowest BCUT2D eigenvalue weighted by molar-refractivity contribution is -0.328. The number of cyclic esters (lactones) is 1. The molecule has 14 heteroatoms. The maximum absolute atomic E-state index is 14.5. The number of rotatable bonds is 18. The fourth-order valence-corrected chi connectivity index (χ4v) is 10.0. The molecule has 2 aromatic rings. The fourth-order valence-electron chi connectivity index (χ4n) is 10.0. The monoisotopic (exact) mass is 1000 g/mol. The van der Waals surface area contributed by atoms with Gasteiger partial charge in [0.25, 0.3) is 0 Å². The molecule has 0 spiro atoms. The van der Waals surface area contributed by atoms with Crippen LogP contribution in [0.25, 0.3) is 0 Å². The maximum atomic E-state index is 14.5. The van der Waals surface area contributed by atoms with Crippen molar-refractivity contribution in [3.63, 3.8) is 0 Å². The van der Waals surface area contributed by atoms with Gasteiger partial charge in [0, 0.05) is 37.2 Å². The third kappa shape index (κ3) is 16.9. The molecule has 0 aromatic heterocycles. The number of hydrogen-bond donors (Lipinski definition) is 1. The van der Waals surface area contributed by atoms with Crippen molar-refractivity contribution in [2.45, 2.75) is 198 Å². The second-order valence-corrected chi connectivity index (χ2v) is 20.5. The van der Waals surface area contributed by atoms with E-state index in [0.29, 0.717) is 57.3 Å². The molecule has 0 radical (unpaired) electrons. The van der Waals surface area contributed by atoms with E-state index < -0.39 is 65.7 Å². The van der Waals surface area contributed by atoms with E-state index in [9.17, 15) is 19.5 Å². The third-order valence-electron chi connectivity index (χ3n) is 14.1. The summed E-state index contributed by atoms with van der Waals surface area (Å²) in [5, 5.41) is 13.3. The van der Waals surface area contributed by atoms with Gasteiger partial charge in [0.1, 0.15) is 18.6 Å². The third-order valence-corrected chi connectivity index (χ3v) is 14.1. The first-order chi connectivity index (χ1) is 34.6. The predicted octanol–water partition coefficient (Wildman–Crippen LogP) is 10.3. The minimum Gasteiger partial charge on any atom is -0.497 e. The minimum atomic E-state index is -2.26. The smallest absolute Gasteiger partial charge is 0.330 e. The Labute approximate surface area is 427 Å². The highest BCUT2D eigenvalue weighted by molar-refractivity contribution is 5.83. The number of carbonyl (C=O) groups excluding carboxylic acids is 3. The van der Waals surface area contributed by atoms with Gasteiger partial charge < -0.3 is 52.5 Å². The topological polar surface area (TPSA) is 164 Å². The van der Waals surface area contributed by atoms with Crippen LogP contribution in [0.3, 0.4) is 0 Å². The van der Waals surface area contributed by atoms with Crippen LogP contribution in [0.5, 0.6) is 5.75 Å². The Bertz CT molecular complexity index is 2130. The van der Waals surface area contributed by atoms with Gasteiger partial charge in [0.05, 0.1) is 76.6 Å². The van der Waals surface area contributed by atoms with E-state index in [1.54, 1.807) is 27.9 Å². The van der Waals surface area contributed by atoms with Crippen molar-refractivity contribution < 1.29 is 66.9 Å². The molecule has 4 aliphatic rings. The molecular weight excluding hydrogens is 921 g/mol. The van der Waals surface area contributed by atoms with Gasteiger partial charge in [-0.1, -0.05) is 125 Å². The first-order valence-corrected chi connectivity index (χ1v) is 25.9. The number of carbonyl (C=O) groups is 3. The number of hydrogen-bond acceptors (Lipinski definition) is 14. The highest BCUT2D eigenvalue weighted by Crippen LogP contribution is 2.47. The van der Waals surface area contributed by atoms with Gasteiger partial charge in [-0.05, 0) is 74.3 Å². The summed E-state index contributed by atoms with van der Waals surface area (Å²) in [6.07, 6.45) is 7.25. The van der Waals surface area contributed by atoms with Crippen molar-refractivity contribution >= 4 is 17.9 Å². The van der Waals surface area contributed by atoms with Crippen LogP contribution < -0.4 is 4.74 Å². The predicted molar refractivity (Wildman–Crippen MR) is 271 cm³/mol. The van der Waals surface area contributed by atoms with Crippen LogP contribution in [-0.4, -0.2) is 105 Å². The zero-order valence-corrected chi connectivity index (χ0v) is 43.5. The summed E-state index contributed by atoms with van der Waals surface area (Å²) in [6.45, 7) is 16.7. The quantitative estimate of drug-likeness (QED) is 0.0375. The van der Waals surface area contributed by atoms with Crippen LogP contribution in [0.4, 0.5) is 0 Å². The number of methoxy groups -OCH3 is 2. The molecule has 14 nitrogen and oxygen atoms in total. The zero-order valence-electron chi connectivity index (χ0n) is 43.5. The summed E-state index contributed by atoms with van der Waals surface area (Å²) in [5.74, 6) is -3.33. The second-order valence-electron chi connectivity index (χ2n) is 20.5. The summed E-state index contributed by atoms with van der Waals surface area (Å²) in [6, 6.07) is 17.3. The number of fused-ring (bicyclic) bond motifs is 6. The lowest BCUT2D eigenvalue weighted by atomic mass is 9.74. The molecule has 6 bridgehead atoms. The molecule has 72 heavy (non-hydrogen) atoms. The molecule has 0 saturated carbocycles. The first kappa shape index (κ1) is 56.6. The Morgan fingerprint density at radius 2 is 1.50 bits per heavy atom. The Hall–Kier alpha value is -4.67. The van der Waals surface area contributed by atoms with E-state index >= 15 is 0 Å². The number of unbranched alkanes of at least 4 members (excludes halogenated alkanes) is 4. The summed E-state index contributed by atoms with van der Waals surface area (Å²) < 4.78 is 62.2. The van der Waals surface area contributed by atoms with Crippen molar-refractivity contribution in [1.82, 2.24) is 0 Å². The Morgan fingerprint density at radius 3 is 2.21 bits per heavy atom. The van der Waals surface area contributed by atoms with E-state index in [2.05, 4.69) is 20.1 Å². The molecule has 396 valence electrons. The van der Waals surface area contributed by atoms with Crippen LogP contribution >= 0.6 is 0 Å². The molecule has 10 atom stereocenters. The van der Waals surface area contributed by atoms with Gasteiger partial charge >= 0.3 is 17.9 Å². The Kier molecular flexibility index (Phi) is 21.7. The molecule has 0 aliphatic carbocycles. The summed E-state index contributed by atoms with van der Waals surface area (Å²) >= 11 is 0. The van der Waals surface area contributed by atoms with Crippen LogP contribution in [0.15, 0.2) is 103 Å². The highest BCUT2D eigenvalue weighted by Gasteiger charge is 2.58. The largest absolute Gasteiger partial charge is 0.497 e. The number of esters is 3. The van der Waals surface area contributed by atoms with Crippen molar-refractivity contribution in [1.29, 1.82) is 0 Å². The molecule has 4 heterocycles. The fraction of sp³-hybridized carbons (Fsp3) is 0.603. The first-order valence-electron chi connectivity index (χ1n) is 25.9. The van der Waals surface area contributed by atoms with E-state index in [4.69, 9.17) is 47.4 Å². The van der Waals surface area contributed by atoms with Crippen molar-refractivity contribution in [3.8, 4) is 5.75 Å². The van der Waals surface area contributed by atoms with Crippen molar-refractivity contribution in [2.24, 2.45) is 5.41 Å². The van der Waals surface area contributed by atoms with Crippen LogP contribution in [0.2, 0.25) is 0 Å². The Balaban J connectivity index is 1.36. The van der Waals surface area contributed by atoms with Gasteiger partial charge in [-0.25, -0.2) is 4.79 Å². The molecule has 3 saturated heterocycles. The molecule has 0 unspecified atom stereocenters. The molecule has 2 aromatic carbocycles. The molecule has 0 amide bonds. The van der Waals surface area contributed by atoms with Gasteiger partial charge in [-0.15, -0.1) is 0 Å². The van der Waals surface area contributed by atoms with Crippen molar-refractivity contribution in [2.75, 3.05) is 21.0 Å². The SMILES string of the molecule is C=C1C[C@@H]2C[C@@H]3CC(=C)C[C@H](/C=C/C(C)(C)[C@]4(O)O[C@@H](C/C(=C\C(=O)OC)[C@@H]4OC(=O)CCCCCCC)C[C@H]([C@@H](C)OCOCc4ccccc4)OC(=O)C[C@H](OCc4ccc(OC)cc4)C[C@H](C1)O2)O3. The standard InChI is InChI=1S/C58H80O14/c1-9-10-11-12-16-19-53(59)71-56-44(31-54(60)64-8)30-51-34-52(41(4)67-38-65-36-42-17-14-13-15-18-42)70-55(61)35-47(66-37-43-20-22-45(63-7)23-21-43)32-48-28-40(3)29-50(69-48)33-49-27-39(2)26-46(68-49)24-25-57(5,6)58(56,62)72-51/h13-15,17-18,20-25,31,41,46-52,56,62H,2-3,9-12,16,19,26-30,32-38H2,1,4-8H3/b25-24+,44-31+/t41-,46+,47-,48+,49+,50-,51+,52-,56+,58-/m1/s1. The van der Waals surface area contributed by atoms with Crippen LogP contribution in [0, 0.1) is 5.41 Å². The summed E-state index contributed by atoms with van der Waals surface area (Å²) in [4.78, 5) is 41.4. The number of benzene rings is 2. The van der Waals surface area contributed by atoms with Crippen molar-refractivity contribution in [3.05, 3.63) is 114 Å². The van der Waals surface area contributed by atoms with Gasteiger partial charge in [0.2, 0.25) is 5.79 Å². The molecular formula is C58H80O14.